The molecule has 0 aromatic carbocycles. The number of nitrogens with two attached hydrogens (primary N) is 2. The van der Waals surface area contributed by atoms with E-state index in [9.17, 15) is 5.11 Å². The van der Waals surface area contributed by atoms with Gasteiger partial charge in [0.15, 0.2) is 0 Å². The van der Waals surface area contributed by atoms with Crippen molar-refractivity contribution in [1.29, 1.82) is 0 Å². The summed E-state index contributed by atoms with van der Waals surface area (Å²) in [5.41, 5.74) is 11.7. The summed E-state index contributed by atoms with van der Waals surface area (Å²) < 4.78 is 0. The topological polar surface area (TPSA) is 92.5 Å². The van der Waals surface area contributed by atoms with E-state index in [1.807, 2.05) is 0 Å². The van der Waals surface area contributed by atoms with Crippen molar-refractivity contribution in [2.24, 2.45) is 11.5 Å². The van der Waals surface area contributed by atoms with Crippen molar-refractivity contribution in [2.75, 3.05) is 6.61 Å². The van der Waals surface area contributed by atoms with Crippen molar-refractivity contribution in [3.8, 4) is 0 Å². The molecule has 134 valence electrons. The first-order valence-electron chi connectivity index (χ1n) is 9.43. The second-order valence-corrected chi connectivity index (χ2v) is 6.67. The summed E-state index contributed by atoms with van der Waals surface area (Å²) in [6, 6.07) is -0.733. The smallest absolute Gasteiger partial charge is 0.0936 e. The SMILES string of the molecule is CCCCCCCCCCCCCC[C@@H](N)[C@@H](N)[C@H](O)CO. The zero-order valence-corrected chi connectivity index (χ0v) is 14.7. The van der Waals surface area contributed by atoms with Gasteiger partial charge in [0.1, 0.15) is 0 Å². The number of hydrogen-bond acceptors (Lipinski definition) is 4. The van der Waals surface area contributed by atoms with E-state index in [1.165, 1.54) is 70.6 Å². The molecule has 0 radical (unpaired) electrons. The molecule has 0 heterocycles. The van der Waals surface area contributed by atoms with Crippen LogP contribution in [0.1, 0.15) is 90.4 Å². The maximum absolute atomic E-state index is 9.43. The molecule has 4 nitrogen and oxygen atoms in total. The van der Waals surface area contributed by atoms with Gasteiger partial charge in [-0.15, -0.1) is 0 Å². The van der Waals surface area contributed by atoms with Gasteiger partial charge in [-0.3, -0.25) is 0 Å². The molecule has 4 heteroatoms. The maximum Gasteiger partial charge on any atom is 0.0936 e. The molecular formula is C18H40N2O2. The molecule has 0 saturated carbocycles. The predicted molar refractivity (Wildman–Crippen MR) is 94.7 cm³/mol. The van der Waals surface area contributed by atoms with Crippen molar-refractivity contribution in [2.45, 2.75) is 109 Å². The minimum Gasteiger partial charge on any atom is -0.394 e. The standard InChI is InChI=1S/C18H40N2O2/c1-2-3-4-5-6-7-8-9-10-11-12-13-14-16(19)18(20)17(22)15-21/h16-18,21-22H,2-15,19-20H2,1H3/t16-,17-,18-/m1/s1. The summed E-state index contributed by atoms with van der Waals surface area (Å²) in [4.78, 5) is 0. The van der Waals surface area contributed by atoms with Gasteiger partial charge in [0, 0.05) is 12.1 Å². The Kier molecular flexibility index (Phi) is 15.6. The van der Waals surface area contributed by atoms with Crippen molar-refractivity contribution < 1.29 is 10.2 Å². The van der Waals surface area contributed by atoms with E-state index >= 15 is 0 Å². The van der Waals surface area contributed by atoms with Gasteiger partial charge in [-0.05, 0) is 6.42 Å². The van der Waals surface area contributed by atoms with Crippen LogP contribution in [0.5, 0.6) is 0 Å². The number of aliphatic hydroxyl groups is 2. The van der Waals surface area contributed by atoms with Crippen LogP contribution in [0.15, 0.2) is 0 Å². The second kappa shape index (κ2) is 15.7. The third kappa shape index (κ3) is 12.4. The average molecular weight is 317 g/mol. The Morgan fingerprint density at radius 2 is 1.14 bits per heavy atom. The van der Waals surface area contributed by atoms with Crippen molar-refractivity contribution >= 4 is 0 Å². The van der Waals surface area contributed by atoms with Crippen LogP contribution in [-0.4, -0.2) is 35.0 Å². The Balaban J connectivity index is 3.26. The van der Waals surface area contributed by atoms with Crippen LogP contribution < -0.4 is 11.5 Å². The van der Waals surface area contributed by atoms with Gasteiger partial charge in [-0.1, -0.05) is 84.0 Å². The molecule has 0 aliphatic carbocycles. The molecule has 0 rings (SSSR count). The summed E-state index contributed by atoms with van der Waals surface area (Å²) in [6.07, 6.45) is 15.8. The lowest BCUT2D eigenvalue weighted by molar-refractivity contribution is 0.0657. The van der Waals surface area contributed by atoms with E-state index in [-0.39, 0.29) is 12.6 Å². The first-order chi connectivity index (χ1) is 10.6. The Labute approximate surface area is 137 Å². The van der Waals surface area contributed by atoms with Gasteiger partial charge in [-0.2, -0.15) is 0 Å². The zero-order chi connectivity index (χ0) is 16.6. The van der Waals surface area contributed by atoms with E-state index in [0.717, 1.165) is 12.8 Å². The van der Waals surface area contributed by atoms with E-state index in [0.29, 0.717) is 0 Å². The highest BCUT2D eigenvalue weighted by molar-refractivity contribution is 4.82. The number of hydrogen-bond donors (Lipinski definition) is 4. The Bertz CT molecular complexity index is 227. The molecule has 0 bridgehead atoms. The van der Waals surface area contributed by atoms with Crippen LogP contribution in [0.3, 0.4) is 0 Å². The number of rotatable bonds is 16. The molecule has 0 fully saturated rings. The van der Waals surface area contributed by atoms with Gasteiger partial charge in [0.2, 0.25) is 0 Å². The third-order valence-electron chi connectivity index (χ3n) is 4.52. The molecule has 0 aliphatic heterocycles. The van der Waals surface area contributed by atoms with Crippen LogP contribution in [0.4, 0.5) is 0 Å². The highest BCUT2D eigenvalue weighted by Gasteiger charge is 2.20. The van der Waals surface area contributed by atoms with Crippen molar-refractivity contribution in [3.05, 3.63) is 0 Å². The molecule has 0 aromatic rings. The quantitative estimate of drug-likeness (QED) is 0.329. The lowest BCUT2D eigenvalue weighted by atomic mass is 9.98. The fraction of sp³-hybridized carbons (Fsp3) is 1.00. The molecule has 22 heavy (non-hydrogen) atoms. The number of aliphatic hydroxyl groups excluding tert-OH is 2. The second-order valence-electron chi connectivity index (χ2n) is 6.67. The van der Waals surface area contributed by atoms with E-state index in [4.69, 9.17) is 16.6 Å². The summed E-state index contributed by atoms with van der Waals surface area (Å²) in [7, 11) is 0. The molecular weight excluding hydrogens is 276 g/mol. The first kappa shape index (κ1) is 21.8. The lowest BCUT2D eigenvalue weighted by Crippen LogP contribution is -2.50. The Hall–Kier alpha value is -0.160. The molecule has 0 spiro atoms. The van der Waals surface area contributed by atoms with Gasteiger partial charge in [0.05, 0.1) is 12.7 Å². The number of unbranched alkanes of at least 4 members (excludes halogenated alkanes) is 11. The van der Waals surface area contributed by atoms with Crippen LogP contribution >= 0.6 is 0 Å². The normalized spacial score (nSPS) is 15.7. The molecule has 0 saturated heterocycles. The molecule has 0 aliphatic rings. The molecule has 0 amide bonds. The highest BCUT2D eigenvalue weighted by atomic mass is 16.3. The fourth-order valence-electron chi connectivity index (χ4n) is 2.82. The molecule has 3 atom stereocenters. The highest BCUT2D eigenvalue weighted by Crippen LogP contribution is 2.13. The van der Waals surface area contributed by atoms with E-state index in [2.05, 4.69) is 6.92 Å². The monoisotopic (exact) mass is 316 g/mol. The van der Waals surface area contributed by atoms with E-state index < -0.39 is 12.1 Å². The molecule has 6 N–H and O–H groups in total. The van der Waals surface area contributed by atoms with Crippen molar-refractivity contribution in [3.63, 3.8) is 0 Å². The van der Waals surface area contributed by atoms with Crippen LogP contribution in [0.2, 0.25) is 0 Å². The zero-order valence-electron chi connectivity index (χ0n) is 14.7. The predicted octanol–water partition coefficient (Wildman–Crippen LogP) is 3.09. The van der Waals surface area contributed by atoms with Crippen LogP contribution in [-0.2, 0) is 0 Å². The van der Waals surface area contributed by atoms with Gasteiger partial charge in [-0.25, -0.2) is 0 Å². The van der Waals surface area contributed by atoms with Crippen LogP contribution in [0, 0.1) is 0 Å². The minimum absolute atomic E-state index is 0.217. The summed E-state index contributed by atoms with van der Waals surface area (Å²) in [5.74, 6) is 0. The Morgan fingerprint density at radius 1 is 0.727 bits per heavy atom. The third-order valence-corrected chi connectivity index (χ3v) is 4.52. The molecule has 0 aromatic heterocycles. The van der Waals surface area contributed by atoms with Gasteiger partial charge < -0.3 is 21.7 Å². The Morgan fingerprint density at radius 3 is 1.55 bits per heavy atom. The average Bonchev–Trinajstić information content (AvgIpc) is 2.54. The minimum atomic E-state index is -0.896. The van der Waals surface area contributed by atoms with E-state index in [1.54, 1.807) is 0 Å². The first-order valence-corrected chi connectivity index (χ1v) is 9.43. The summed E-state index contributed by atoms with van der Waals surface area (Å²) >= 11 is 0. The molecule has 0 unspecified atom stereocenters. The lowest BCUT2D eigenvalue weighted by Gasteiger charge is -2.23. The largest absolute Gasteiger partial charge is 0.394 e. The van der Waals surface area contributed by atoms with Gasteiger partial charge in [0.25, 0.3) is 0 Å². The van der Waals surface area contributed by atoms with Gasteiger partial charge >= 0.3 is 0 Å². The van der Waals surface area contributed by atoms with Crippen LogP contribution in [0.25, 0.3) is 0 Å². The fourth-order valence-corrected chi connectivity index (χ4v) is 2.82. The maximum atomic E-state index is 9.43. The summed E-state index contributed by atoms with van der Waals surface area (Å²) in [5, 5.41) is 18.3. The summed E-state index contributed by atoms with van der Waals surface area (Å²) in [6.45, 7) is 1.95. The van der Waals surface area contributed by atoms with Crippen molar-refractivity contribution in [1.82, 2.24) is 0 Å².